The van der Waals surface area contributed by atoms with Crippen LogP contribution in [0.15, 0.2) is 6.20 Å². The van der Waals surface area contributed by atoms with Gasteiger partial charge in [0.25, 0.3) is 0 Å². The Hall–Kier alpha value is -0.870. The highest BCUT2D eigenvalue weighted by Crippen LogP contribution is 2.31. The lowest BCUT2D eigenvalue weighted by Gasteiger charge is -2.33. The lowest BCUT2D eigenvalue weighted by molar-refractivity contribution is 0.182. The van der Waals surface area contributed by atoms with Crippen molar-refractivity contribution >= 4 is 0 Å². The van der Waals surface area contributed by atoms with Crippen LogP contribution in [0.3, 0.4) is 0 Å². The average Bonchev–Trinajstić information content (AvgIpc) is 2.74. The van der Waals surface area contributed by atoms with Crippen LogP contribution in [0, 0.1) is 0 Å². The van der Waals surface area contributed by atoms with Crippen molar-refractivity contribution < 1.29 is 0 Å². The van der Waals surface area contributed by atoms with Gasteiger partial charge in [0.15, 0.2) is 0 Å². The molecule has 1 saturated heterocycles. The third-order valence-electron chi connectivity index (χ3n) is 4.48. The van der Waals surface area contributed by atoms with Crippen LogP contribution in [-0.2, 0) is 12.5 Å². The number of aromatic nitrogens is 2. The van der Waals surface area contributed by atoms with Crippen molar-refractivity contribution in [2.24, 2.45) is 12.8 Å². The normalized spacial score (nSPS) is 20.0. The van der Waals surface area contributed by atoms with Crippen molar-refractivity contribution in [1.82, 2.24) is 14.7 Å². The molecule has 1 unspecified atom stereocenters. The van der Waals surface area contributed by atoms with Crippen LogP contribution < -0.4 is 5.73 Å². The van der Waals surface area contributed by atoms with Crippen LogP contribution in [0.2, 0.25) is 0 Å². The van der Waals surface area contributed by atoms with Gasteiger partial charge in [0.2, 0.25) is 0 Å². The van der Waals surface area contributed by atoms with Crippen LogP contribution in [0.25, 0.3) is 0 Å². The van der Waals surface area contributed by atoms with E-state index < -0.39 is 0 Å². The van der Waals surface area contributed by atoms with E-state index in [-0.39, 0.29) is 5.41 Å². The number of aryl methyl sites for hydroxylation is 1. The summed E-state index contributed by atoms with van der Waals surface area (Å²) in [5.74, 6) is 0. The minimum Gasteiger partial charge on any atom is -0.329 e. The molecule has 0 spiro atoms. The zero-order valence-corrected chi connectivity index (χ0v) is 14.2. The van der Waals surface area contributed by atoms with Gasteiger partial charge in [-0.05, 0) is 25.9 Å². The molecule has 0 aliphatic carbocycles. The zero-order chi connectivity index (χ0) is 15.5. The summed E-state index contributed by atoms with van der Waals surface area (Å²) >= 11 is 0. The Morgan fingerprint density at radius 2 is 1.71 bits per heavy atom. The molecule has 1 aliphatic heterocycles. The van der Waals surface area contributed by atoms with Crippen molar-refractivity contribution in [1.29, 1.82) is 0 Å². The number of nitrogens with zero attached hydrogens (tertiary/aromatic N) is 3. The van der Waals surface area contributed by atoms with Gasteiger partial charge in [-0.3, -0.25) is 9.58 Å². The molecular formula is C17H32N4. The van der Waals surface area contributed by atoms with Crippen LogP contribution in [-0.4, -0.2) is 34.3 Å². The van der Waals surface area contributed by atoms with E-state index in [1.165, 1.54) is 56.5 Å². The summed E-state index contributed by atoms with van der Waals surface area (Å²) in [5, 5.41) is 4.72. The largest absolute Gasteiger partial charge is 0.329 e. The van der Waals surface area contributed by atoms with Gasteiger partial charge in [-0.2, -0.15) is 5.10 Å². The second-order valence-corrected chi connectivity index (χ2v) is 7.41. The standard InChI is InChI=1S/C17H32N4/c1-17(2,3)16-14(13-20(4)19-16)15(12-18)21-10-8-6-5-7-9-11-21/h13,15H,5-12,18H2,1-4H3. The maximum atomic E-state index is 6.17. The van der Waals surface area contributed by atoms with E-state index in [0.29, 0.717) is 12.6 Å². The fourth-order valence-electron chi connectivity index (χ4n) is 3.39. The molecule has 4 heteroatoms. The first-order valence-electron chi connectivity index (χ1n) is 8.41. The minimum absolute atomic E-state index is 0.0623. The third-order valence-corrected chi connectivity index (χ3v) is 4.48. The third kappa shape index (κ3) is 4.07. The van der Waals surface area contributed by atoms with Gasteiger partial charge >= 0.3 is 0 Å². The summed E-state index contributed by atoms with van der Waals surface area (Å²) in [7, 11) is 2.01. The van der Waals surface area contributed by atoms with Crippen LogP contribution in [0.1, 0.15) is 70.2 Å². The Bertz CT molecular complexity index is 436. The van der Waals surface area contributed by atoms with Crippen molar-refractivity contribution in [2.45, 2.75) is 64.3 Å². The lowest BCUT2D eigenvalue weighted by atomic mass is 9.87. The molecule has 1 fully saturated rings. The molecule has 0 bridgehead atoms. The number of nitrogens with two attached hydrogens (primary N) is 1. The van der Waals surface area contributed by atoms with Gasteiger partial charge in [0.05, 0.1) is 11.7 Å². The van der Waals surface area contributed by atoms with Crippen LogP contribution in [0.4, 0.5) is 0 Å². The minimum atomic E-state index is 0.0623. The first-order valence-corrected chi connectivity index (χ1v) is 8.41. The number of hydrogen-bond donors (Lipinski definition) is 1. The van der Waals surface area contributed by atoms with Crippen molar-refractivity contribution in [2.75, 3.05) is 19.6 Å². The molecule has 0 radical (unpaired) electrons. The summed E-state index contributed by atoms with van der Waals surface area (Å²) < 4.78 is 1.95. The number of rotatable bonds is 3. The molecule has 0 aromatic carbocycles. The van der Waals surface area contributed by atoms with Crippen LogP contribution in [0.5, 0.6) is 0 Å². The maximum absolute atomic E-state index is 6.17. The maximum Gasteiger partial charge on any atom is 0.0726 e. The van der Waals surface area contributed by atoms with Gasteiger partial charge in [0, 0.05) is 30.8 Å². The molecule has 4 nitrogen and oxygen atoms in total. The SMILES string of the molecule is Cn1cc(C(CN)N2CCCCCCC2)c(C(C)(C)C)n1. The van der Waals surface area contributed by atoms with E-state index >= 15 is 0 Å². The first-order chi connectivity index (χ1) is 9.93. The van der Waals surface area contributed by atoms with E-state index in [2.05, 4.69) is 31.9 Å². The van der Waals surface area contributed by atoms with Gasteiger partial charge in [-0.25, -0.2) is 0 Å². The summed E-state index contributed by atoms with van der Waals surface area (Å²) in [5.41, 5.74) is 8.75. The Morgan fingerprint density at radius 3 is 2.24 bits per heavy atom. The highest BCUT2D eigenvalue weighted by atomic mass is 15.3. The molecule has 120 valence electrons. The van der Waals surface area contributed by atoms with Gasteiger partial charge < -0.3 is 5.73 Å². The molecule has 21 heavy (non-hydrogen) atoms. The fraction of sp³-hybridized carbons (Fsp3) is 0.824. The fourth-order valence-corrected chi connectivity index (χ4v) is 3.39. The van der Waals surface area contributed by atoms with E-state index in [4.69, 9.17) is 10.8 Å². The molecule has 1 aromatic heterocycles. The summed E-state index contributed by atoms with van der Waals surface area (Å²) in [6.07, 6.45) is 8.86. The van der Waals surface area contributed by atoms with Gasteiger partial charge in [0.1, 0.15) is 0 Å². The summed E-state index contributed by atoms with van der Waals surface area (Å²) in [6.45, 7) is 9.72. The quantitative estimate of drug-likeness (QED) is 0.931. The van der Waals surface area contributed by atoms with E-state index in [1.807, 2.05) is 11.7 Å². The van der Waals surface area contributed by atoms with Gasteiger partial charge in [-0.15, -0.1) is 0 Å². The Morgan fingerprint density at radius 1 is 1.14 bits per heavy atom. The van der Waals surface area contributed by atoms with Gasteiger partial charge in [-0.1, -0.05) is 40.0 Å². The van der Waals surface area contributed by atoms with E-state index in [0.717, 1.165) is 0 Å². The summed E-state index contributed by atoms with van der Waals surface area (Å²) in [6, 6.07) is 0.311. The second-order valence-electron chi connectivity index (χ2n) is 7.41. The average molecular weight is 292 g/mol. The molecule has 2 N–H and O–H groups in total. The summed E-state index contributed by atoms with van der Waals surface area (Å²) in [4.78, 5) is 2.59. The van der Waals surface area contributed by atoms with Crippen LogP contribution >= 0.6 is 0 Å². The smallest absolute Gasteiger partial charge is 0.0726 e. The molecule has 0 amide bonds. The zero-order valence-electron chi connectivity index (χ0n) is 14.2. The molecule has 2 heterocycles. The second kappa shape index (κ2) is 6.93. The molecular weight excluding hydrogens is 260 g/mol. The predicted molar refractivity (Wildman–Crippen MR) is 88.4 cm³/mol. The molecule has 2 rings (SSSR count). The van der Waals surface area contributed by atoms with E-state index in [1.54, 1.807) is 0 Å². The van der Waals surface area contributed by atoms with Crippen molar-refractivity contribution in [3.05, 3.63) is 17.5 Å². The van der Waals surface area contributed by atoms with E-state index in [9.17, 15) is 0 Å². The molecule has 1 aromatic rings. The Kier molecular flexibility index (Phi) is 5.44. The Labute approximate surface area is 129 Å². The highest BCUT2D eigenvalue weighted by molar-refractivity contribution is 5.28. The molecule has 1 aliphatic rings. The Balaban J connectivity index is 2.27. The lowest BCUT2D eigenvalue weighted by Crippen LogP contribution is -2.37. The number of likely N-dealkylation sites (tertiary alicyclic amines) is 1. The topological polar surface area (TPSA) is 47.1 Å². The predicted octanol–water partition coefficient (Wildman–Crippen LogP) is 2.98. The van der Waals surface area contributed by atoms with Crippen molar-refractivity contribution in [3.8, 4) is 0 Å². The number of hydrogen-bond acceptors (Lipinski definition) is 3. The first kappa shape index (κ1) is 16.5. The highest BCUT2D eigenvalue weighted by Gasteiger charge is 2.29. The molecule has 1 atom stereocenters. The monoisotopic (exact) mass is 292 g/mol. The van der Waals surface area contributed by atoms with Crippen molar-refractivity contribution in [3.63, 3.8) is 0 Å². The molecule has 0 saturated carbocycles.